The van der Waals surface area contributed by atoms with Gasteiger partial charge in [0.15, 0.2) is 5.78 Å². The van der Waals surface area contributed by atoms with E-state index in [-0.39, 0.29) is 22.2 Å². The van der Waals surface area contributed by atoms with Gasteiger partial charge in [-0.15, -0.1) is 0 Å². The van der Waals surface area contributed by atoms with Gasteiger partial charge in [0.05, 0.1) is 11.4 Å². The predicted molar refractivity (Wildman–Crippen MR) is 164 cm³/mol. The minimum Gasteiger partial charge on any atom is -0.414 e. The van der Waals surface area contributed by atoms with Crippen LogP contribution in [0.1, 0.15) is 17.0 Å². The molecule has 1 heterocycles. The van der Waals surface area contributed by atoms with Gasteiger partial charge < -0.3 is 19.7 Å². The molecule has 0 saturated heterocycles. The number of benzene rings is 4. The summed E-state index contributed by atoms with van der Waals surface area (Å²) in [4.78, 5) is 27.0. The van der Waals surface area contributed by atoms with Crippen molar-refractivity contribution in [3.63, 3.8) is 0 Å². The van der Waals surface area contributed by atoms with Crippen molar-refractivity contribution < 1.29 is 18.4 Å². The van der Waals surface area contributed by atoms with Crippen molar-refractivity contribution in [1.29, 1.82) is 0 Å². The van der Waals surface area contributed by atoms with Crippen LogP contribution in [0, 0.1) is 6.92 Å². The molecule has 0 fully saturated rings. The third-order valence-electron chi connectivity index (χ3n) is 6.53. The standard InChI is InChI=1S/C31H28ClN4O5P/c1-22-28(30(37)36(35(22)2)23-14-6-3-7-15-23)33-31(38)34-29(26-20-12-13-21-27(26)32)42(39,40-24-16-8-4-9-17-24)41-25-18-10-5-11-19-25/h3-21,29H,1-2H3,(H2,33,34,38). The number of amides is 2. The second-order valence-corrected chi connectivity index (χ2v) is 11.7. The van der Waals surface area contributed by atoms with E-state index in [9.17, 15) is 14.2 Å². The van der Waals surface area contributed by atoms with Crippen LogP contribution in [-0.4, -0.2) is 15.4 Å². The normalized spacial score (nSPS) is 11.9. The highest BCUT2D eigenvalue weighted by molar-refractivity contribution is 7.55. The third kappa shape index (κ3) is 6.12. The number of halogens is 1. The van der Waals surface area contributed by atoms with E-state index < -0.39 is 25.0 Å². The fraction of sp³-hybridized carbons (Fsp3) is 0.0968. The zero-order chi connectivity index (χ0) is 29.7. The molecule has 2 amide bonds. The van der Waals surface area contributed by atoms with Gasteiger partial charge in [0, 0.05) is 17.6 Å². The maximum absolute atomic E-state index is 14.8. The maximum atomic E-state index is 14.8. The van der Waals surface area contributed by atoms with E-state index in [1.54, 1.807) is 116 Å². The summed E-state index contributed by atoms with van der Waals surface area (Å²) in [5, 5.41) is 5.61. The molecule has 0 aliphatic heterocycles. The van der Waals surface area contributed by atoms with Crippen molar-refractivity contribution in [3.05, 3.63) is 142 Å². The summed E-state index contributed by atoms with van der Waals surface area (Å²) in [6.07, 6.45) is 0. The van der Waals surface area contributed by atoms with Crippen molar-refractivity contribution in [1.82, 2.24) is 14.7 Å². The highest BCUT2D eigenvalue weighted by Crippen LogP contribution is 2.59. The average Bonchev–Trinajstić information content (AvgIpc) is 3.20. The molecule has 0 aliphatic carbocycles. The number of nitrogens with zero attached hydrogens (tertiary/aromatic N) is 2. The molecule has 42 heavy (non-hydrogen) atoms. The van der Waals surface area contributed by atoms with Crippen LogP contribution in [-0.2, 0) is 11.6 Å². The number of hydrogen-bond donors (Lipinski definition) is 2. The maximum Gasteiger partial charge on any atom is 0.457 e. The molecule has 11 heteroatoms. The zero-order valence-electron chi connectivity index (χ0n) is 22.8. The third-order valence-corrected chi connectivity index (χ3v) is 8.84. The van der Waals surface area contributed by atoms with Gasteiger partial charge in [-0.2, -0.15) is 0 Å². The number of para-hydroxylation sites is 3. The Kier molecular flexibility index (Phi) is 8.52. The lowest BCUT2D eigenvalue weighted by Gasteiger charge is -2.29. The van der Waals surface area contributed by atoms with Crippen LogP contribution < -0.4 is 25.2 Å². The Morgan fingerprint density at radius 3 is 1.86 bits per heavy atom. The smallest absolute Gasteiger partial charge is 0.414 e. The van der Waals surface area contributed by atoms with Crippen LogP contribution in [0.15, 0.2) is 120 Å². The Morgan fingerprint density at radius 1 is 0.810 bits per heavy atom. The molecule has 0 radical (unpaired) electrons. The molecular formula is C31H28ClN4O5P. The summed E-state index contributed by atoms with van der Waals surface area (Å²) >= 11 is 6.56. The quantitative estimate of drug-likeness (QED) is 0.172. The number of carbonyl (C=O) groups excluding carboxylic acids is 1. The number of nitrogens with one attached hydrogen (secondary N) is 2. The molecule has 1 unspecified atom stereocenters. The molecule has 0 saturated carbocycles. The van der Waals surface area contributed by atoms with E-state index in [0.717, 1.165) is 0 Å². The van der Waals surface area contributed by atoms with Crippen LogP contribution in [0.5, 0.6) is 11.5 Å². The second-order valence-electron chi connectivity index (χ2n) is 9.31. The van der Waals surface area contributed by atoms with Crippen molar-refractivity contribution in [2.75, 3.05) is 5.32 Å². The van der Waals surface area contributed by atoms with Crippen molar-refractivity contribution in [2.45, 2.75) is 12.7 Å². The summed E-state index contributed by atoms with van der Waals surface area (Å²) in [6.45, 7) is 1.71. The van der Waals surface area contributed by atoms with Gasteiger partial charge in [0.25, 0.3) is 5.56 Å². The number of hydrogen-bond acceptors (Lipinski definition) is 5. The van der Waals surface area contributed by atoms with Crippen LogP contribution in [0.4, 0.5) is 10.5 Å². The van der Waals surface area contributed by atoms with E-state index in [1.165, 1.54) is 4.68 Å². The van der Waals surface area contributed by atoms with Crippen LogP contribution in [0.3, 0.4) is 0 Å². The Hall–Kier alpha value is -4.72. The van der Waals surface area contributed by atoms with E-state index >= 15 is 0 Å². The van der Waals surface area contributed by atoms with Gasteiger partial charge in [-0.25, -0.2) is 14.0 Å². The average molecular weight is 603 g/mol. The molecule has 1 aromatic heterocycles. The van der Waals surface area contributed by atoms with Crippen LogP contribution in [0.2, 0.25) is 5.02 Å². The van der Waals surface area contributed by atoms with Crippen LogP contribution in [0.25, 0.3) is 5.69 Å². The van der Waals surface area contributed by atoms with Gasteiger partial charge >= 0.3 is 13.6 Å². The molecular weight excluding hydrogens is 575 g/mol. The first-order valence-corrected chi connectivity index (χ1v) is 15.0. The lowest BCUT2D eigenvalue weighted by molar-refractivity contribution is 0.249. The first-order chi connectivity index (χ1) is 20.3. The molecule has 214 valence electrons. The Labute approximate surface area is 247 Å². The molecule has 4 aromatic carbocycles. The molecule has 5 aromatic rings. The molecule has 1 atom stereocenters. The van der Waals surface area contributed by atoms with Gasteiger partial charge in [0.2, 0.25) is 0 Å². The largest absolute Gasteiger partial charge is 0.457 e. The first kappa shape index (κ1) is 28.8. The number of carbonyl (C=O) groups is 1. The van der Waals surface area contributed by atoms with Crippen molar-refractivity contribution in [3.8, 4) is 17.2 Å². The van der Waals surface area contributed by atoms with E-state index in [2.05, 4.69) is 10.6 Å². The van der Waals surface area contributed by atoms with Gasteiger partial charge in [-0.1, -0.05) is 84.4 Å². The molecule has 0 aliphatic rings. The van der Waals surface area contributed by atoms with E-state index in [0.29, 0.717) is 16.9 Å². The number of urea groups is 1. The highest BCUT2D eigenvalue weighted by Gasteiger charge is 2.43. The number of anilines is 1. The van der Waals surface area contributed by atoms with Gasteiger partial charge in [-0.3, -0.25) is 9.48 Å². The summed E-state index contributed by atoms with van der Waals surface area (Å²) in [5.74, 6) is -0.840. The van der Waals surface area contributed by atoms with E-state index in [1.807, 2.05) is 18.2 Å². The monoisotopic (exact) mass is 602 g/mol. The Morgan fingerprint density at radius 2 is 1.31 bits per heavy atom. The summed E-state index contributed by atoms with van der Waals surface area (Å²) in [5.41, 5.74) is 1.07. The van der Waals surface area contributed by atoms with Crippen LogP contribution >= 0.6 is 19.2 Å². The minimum absolute atomic E-state index is 0.0551. The predicted octanol–water partition coefficient (Wildman–Crippen LogP) is 7.31. The zero-order valence-corrected chi connectivity index (χ0v) is 24.5. The van der Waals surface area contributed by atoms with Crippen molar-refractivity contribution >= 4 is 30.9 Å². The molecule has 0 bridgehead atoms. The highest BCUT2D eigenvalue weighted by atomic mass is 35.5. The molecule has 5 rings (SSSR count). The fourth-order valence-electron chi connectivity index (χ4n) is 4.39. The SMILES string of the molecule is Cc1c(NC(=O)NC(c2ccccc2Cl)P(=O)(Oc2ccccc2)Oc2ccccc2)c(=O)n(-c2ccccc2)n1C. The minimum atomic E-state index is -4.30. The summed E-state index contributed by atoms with van der Waals surface area (Å²) in [7, 11) is -2.58. The molecule has 0 spiro atoms. The fourth-order valence-corrected chi connectivity index (χ4v) is 6.63. The summed E-state index contributed by atoms with van der Waals surface area (Å²) in [6, 6.07) is 31.9. The Bertz CT molecular complexity index is 1750. The van der Waals surface area contributed by atoms with E-state index in [4.69, 9.17) is 20.6 Å². The summed E-state index contributed by atoms with van der Waals surface area (Å²) < 4.78 is 29.9. The Balaban J connectivity index is 1.54. The lowest BCUT2D eigenvalue weighted by atomic mass is 10.2. The molecule has 9 nitrogen and oxygen atoms in total. The topological polar surface area (TPSA) is 104 Å². The van der Waals surface area contributed by atoms with Gasteiger partial charge in [-0.05, 0) is 49.4 Å². The number of rotatable bonds is 9. The number of aromatic nitrogens is 2. The second kappa shape index (κ2) is 12.4. The molecule has 2 N–H and O–H groups in total. The van der Waals surface area contributed by atoms with Gasteiger partial charge in [0.1, 0.15) is 17.2 Å². The first-order valence-electron chi connectivity index (χ1n) is 13.0. The lowest BCUT2D eigenvalue weighted by Crippen LogP contribution is -2.36. The van der Waals surface area contributed by atoms with Crippen molar-refractivity contribution in [2.24, 2.45) is 7.05 Å².